The number of hydrogen-bond acceptors (Lipinski definition) is 5. The predicted octanol–water partition coefficient (Wildman–Crippen LogP) is 1.07. The van der Waals surface area contributed by atoms with E-state index in [-0.39, 0.29) is 0 Å². The van der Waals surface area contributed by atoms with Gasteiger partial charge in [-0.15, -0.1) is 0 Å². The van der Waals surface area contributed by atoms with Gasteiger partial charge in [0.05, 0.1) is 17.3 Å². The van der Waals surface area contributed by atoms with E-state index in [1.165, 1.54) is 0 Å². The van der Waals surface area contributed by atoms with Crippen LogP contribution in [0.3, 0.4) is 0 Å². The molecule has 0 bridgehead atoms. The highest BCUT2D eigenvalue weighted by Gasteiger charge is 2.17. The maximum absolute atomic E-state index is 5.89. The number of rotatable bonds is 3. The van der Waals surface area contributed by atoms with E-state index in [2.05, 4.69) is 32.2 Å². The quantitative estimate of drug-likeness (QED) is 0.717. The molecule has 92 valence electrons. The van der Waals surface area contributed by atoms with Gasteiger partial charge in [0.1, 0.15) is 5.82 Å². The fourth-order valence-corrected chi connectivity index (χ4v) is 1.97. The second-order valence-corrected chi connectivity index (χ2v) is 4.01. The van der Waals surface area contributed by atoms with Crippen LogP contribution >= 0.6 is 0 Å². The number of aryl methyl sites for hydroxylation is 1. The van der Waals surface area contributed by atoms with Gasteiger partial charge >= 0.3 is 0 Å². The molecule has 0 amide bonds. The van der Waals surface area contributed by atoms with E-state index < -0.39 is 0 Å². The summed E-state index contributed by atoms with van der Waals surface area (Å²) in [6.45, 7) is 2.10. The average Bonchev–Trinajstić information content (AvgIpc) is 2.94. The SMILES string of the molecule is CCCc1nn(-c2cnccn2)c2n[nH]c(N)c12. The van der Waals surface area contributed by atoms with Crippen molar-refractivity contribution < 1.29 is 0 Å². The first kappa shape index (κ1) is 10.7. The van der Waals surface area contributed by atoms with Gasteiger partial charge in [0.15, 0.2) is 11.5 Å². The number of nitrogens with two attached hydrogens (primary N) is 1. The first-order valence-electron chi connectivity index (χ1n) is 5.79. The van der Waals surface area contributed by atoms with Crippen LogP contribution in [0.2, 0.25) is 0 Å². The van der Waals surface area contributed by atoms with E-state index in [9.17, 15) is 0 Å². The average molecular weight is 243 g/mol. The van der Waals surface area contributed by atoms with Gasteiger partial charge in [-0.2, -0.15) is 14.9 Å². The van der Waals surface area contributed by atoms with Crippen molar-refractivity contribution in [1.29, 1.82) is 0 Å². The molecule has 0 fully saturated rings. The minimum absolute atomic E-state index is 0.545. The maximum Gasteiger partial charge on any atom is 0.188 e. The summed E-state index contributed by atoms with van der Waals surface area (Å²) in [5.41, 5.74) is 7.52. The lowest BCUT2D eigenvalue weighted by atomic mass is 10.2. The normalized spacial score (nSPS) is 11.2. The lowest BCUT2D eigenvalue weighted by Crippen LogP contribution is -2.01. The highest BCUT2D eigenvalue weighted by molar-refractivity contribution is 5.89. The molecule has 0 aromatic carbocycles. The monoisotopic (exact) mass is 243 g/mol. The highest BCUT2D eigenvalue weighted by Crippen LogP contribution is 2.24. The zero-order valence-corrected chi connectivity index (χ0v) is 9.96. The van der Waals surface area contributed by atoms with E-state index in [1.54, 1.807) is 23.3 Å². The minimum Gasteiger partial charge on any atom is -0.383 e. The summed E-state index contributed by atoms with van der Waals surface area (Å²) in [7, 11) is 0. The van der Waals surface area contributed by atoms with Crippen LogP contribution in [0.4, 0.5) is 5.82 Å². The van der Waals surface area contributed by atoms with Crippen molar-refractivity contribution >= 4 is 16.9 Å². The van der Waals surface area contributed by atoms with Crippen LogP contribution < -0.4 is 5.73 Å². The molecule has 0 saturated heterocycles. The molecule has 0 aliphatic heterocycles. The lowest BCUT2D eigenvalue weighted by Gasteiger charge is -1.98. The van der Waals surface area contributed by atoms with Crippen LogP contribution in [0.25, 0.3) is 16.9 Å². The van der Waals surface area contributed by atoms with Gasteiger partial charge in [-0.25, -0.2) is 4.98 Å². The molecule has 0 atom stereocenters. The molecular formula is C11H13N7. The molecular weight excluding hydrogens is 230 g/mol. The molecule has 0 unspecified atom stereocenters. The zero-order valence-electron chi connectivity index (χ0n) is 9.96. The fourth-order valence-electron chi connectivity index (χ4n) is 1.97. The molecule has 0 radical (unpaired) electrons. The van der Waals surface area contributed by atoms with Crippen molar-refractivity contribution in [2.24, 2.45) is 0 Å². The Kier molecular flexibility index (Phi) is 2.44. The second kappa shape index (κ2) is 4.10. The zero-order chi connectivity index (χ0) is 12.5. The van der Waals surface area contributed by atoms with Crippen LogP contribution in [0.1, 0.15) is 19.0 Å². The van der Waals surface area contributed by atoms with Crippen molar-refractivity contribution in [2.75, 3.05) is 5.73 Å². The van der Waals surface area contributed by atoms with E-state index in [1.807, 2.05) is 0 Å². The Morgan fingerprint density at radius 3 is 3.00 bits per heavy atom. The standard InChI is InChI=1S/C11H13N7/c1-2-3-7-9-10(12)15-16-11(9)18(17-7)8-6-13-4-5-14-8/h4-6H,2-3H2,1H3,(H3,12,15,16). The Balaban J connectivity index is 2.24. The summed E-state index contributed by atoms with van der Waals surface area (Å²) in [6, 6.07) is 0. The van der Waals surface area contributed by atoms with E-state index in [0.29, 0.717) is 17.3 Å². The number of fused-ring (bicyclic) bond motifs is 1. The Morgan fingerprint density at radius 1 is 1.39 bits per heavy atom. The Morgan fingerprint density at radius 2 is 2.28 bits per heavy atom. The molecule has 18 heavy (non-hydrogen) atoms. The summed E-state index contributed by atoms with van der Waals surface area (Å²) < 4.78 is 1.67. The lowest BCUT2D eigenvalue weighted by molar-refractivity contribution is 0.790. The summed E-state index contributed by atoms with van der Waals surface area (Å²) in [5, 5.41) is 12.4. The summed E-state index contributed by atoms with van der Waals surface area (Å²) in [6.07, 6.45) is 6.74. The maximum atomic E-state index is 5.89. The van der Waals surface area contributed by atoms with Gasteiger partial charge in [0, 0.05) is 12.4 Å². The largest absolute Gasteiger partial charge is 0.383 e. The minimum atomic E-state index is 0.545. The molecule has 0 aliphatic carbocycles. The fraction of sp³-hybridized carbons (Fsp3) is 0.273. The number of anilines is 1. The molecule has 3 heterocycles. The summed E-state index contributed by atoms with van der Waals surface area (Å²) in [5.74, 6) is 1.18. The molecule has 0 spiro atoms. The number of H-pyrrole nitrogens is 1. The van der Waals surface area contributed by atoms with Crippen molar-refractivity contribution in [3.8, 4) is 5.82 Å². The van der Waals surface area contributed by atoms with Crippen LogP contribution in [0.15, 0.2) is 18.6 Å². The third kappa shape index (κ3) is 1.52. The predicted molar refractivity (Wildman–Crippen MR) is 67.2 cm³/mol. The number of nitrogens with one attached hydrogen (secondary N) is 1. The summed E-state index contributed by atoms with van der Waals surface area (Å²) in [4.78, 5) is 8.26. The molecule has 7 nitrogen and oxygen atoms in total. The van der Waals surface area contributed by atoms with Crippen molar-refractivity contribution in [2.45, 2.75) is 19.8 Å². The summed E-state index contributed by atoms with van der Waals surface area (Å²) >= 11 is 0. The number of aromatic amines is 1. The number of nitrogen functional groups attached to an aromatic ring is 1. The second-order valence-electron chi connectivity index (χ2n) is 4.01. The van der Waals surface area contributed by atoms with Crippen LogP contribution in [0, 0.1) is 0 Å². The van der Waals surface area contributed by atoms with E-state index in [0.717, 1.165) is 23.9 Å². The highest BCUT2D eigenvalue weighted by atomic mass is 15.4. The van der Waals surface area contributed by atoms with Gasteiger partial charge < -0.3 is 5.73 Å². The number of hydrogen-bond donors (Lipinski definition) is 2. The first-order chi connectivity index (χ1) is 8.81. The molecule has 3 aromatic heterocycles. The van der Waals surface area contributed by atoms with Crippen molar-refractivity contribution in [3.63, 3.8) is 0 Å². The third-order valence-electron chi connectivity index (χ3n) is 2.74. The van der Waals surface area contributed by atoms with Crippen LogP contribution in [0.5, 0.6) is 0 Å². The molecule has 0 aliphatic rings. The molecule has 3 N–H and O–H groups in total. The first-order valence-corrected chi connectivity index (χ1v) is 5.79. The third-order valence-corrected chi connectivity index (χ3v) is 2.74. The van der Waals surface area contributed by atoms with Crippen LogP contribution in [-0.2, 0) is 6.42 Å². The number of aromatic nitrogens is 6. The molecule has 7 heteroatoms. The van der Waals surface area contributed by atoms with E-state index >= 15 is 0 Å². The van der Waals surface area contributed by atoms with Gasteiger partial charge in [0.25, 0.3) is 0 Å². The van der Waals surface area contributed by atoms with Gasteiger partial charge in [-0.1, -0.05) is 13.3 Å². The van der Waals surface area contributed by atoms with Gasteiger partial charge in [-0.05, 0) is 6.42 Å². The van der Waals surface area contributed by atoms with Crippen molar-refractivity contribution in [3.05, 3.63) is 24.3 Å². The molecule has 3 rings (SSSR count). The van der Waals surface area contributed by atoms with Gasteiger partial charge in [0.2, 0.25) is 0 Å². The Labute approximate surface area is 103 Å². The van der Waals surface area contributed by atoms with E-state index in [4.69, 9.17) is 5.73 Å². The Bertz CT molecular complexity index is 667. The molecule has 0 saturated carbocycles. The number of nitrogens with zero attached hydrogens (tertiary/aromatic N) is 5. The topological polar surface area (TPSA) is 98.3 Å². The smallest absolute Gasteiger partial charge is 0.188 e. The van der Waals surface area contributed by atoms with Gasteiger partial charge in [-0.3, -0.25) is 10.1 Å². The molecule has 3 aromatic rings. The Hall–Kier alpha value is -2.44. The van der Waals surface area contributed by atoms with Crippen LogP contribution in [-0.4, -0.2) is 29.9 Å². The van der Waals surface area contributed by atoms with Crippen molar-refractivity contribution in [1.82, 2.24) is 29.9 Å².